The van der Waals surface area contributed by atoms with E-state index in [1.54, 1.807) is 0 Å². The molecule has 0 bridgehead atoms. The van der Waals surface area contributed by atoms with Gasteiger partial charge in [-0.25, -0.2) is 0 Å². The van der Waals surface area contributed by atoms with Crippen molar-refractivity contribution in [2.75, 3.05) is 19.6 Å². The van der Waals surface area contributed by atoms with Gasteiger partial charge >= 0.3 is 0 Å². The van der Waals surface area contributed by atoms with Crippen molar-refractivity contribution < 1.29 is 4.79 Å². The van der Waals surface area contributed by atoms with Crippen LogP contribution in [0, 0.1) is 5.92 Å². The summed E-state index contributed by atoms with van der Waals surface area (Å²) >= 11 is 0. The summed E-state index contributed by atoms with van der Waals surface area (Å²) in [7, 11) is 0. The Hall–Kier alpha value is -0.570. The van der Waals surface area contributed by atoms with Crippen molar-refractivity contribution in [2.24, 2.45) is 5.92 Å². The first-order chi connectivity index (χ1) is 7.25. The molecule has 3 nitrogen and oxygen atoms in total. The molecule has 2 saturated heterocycles. The zero-order valence-electron chi connectivity index (χ0n) is 9.67. The quantitative estimate of drug-likeness (QED) is 0.747. The fourth-order valence-electron chi connectivity index (χ4n) is 2.60. The largest absolute Gasteiger partial charge is 0.342 e. The van der Waals surface area contributed by atoms with Crippen molar-refractivity contribution in [3.63, 3.8) is 0 Å². The number of hydrogen-bond acceptors (Lipinski definition) is 2. The van der Waals surface area contributed by atoms with Crippen molar-refractivity contribution >= 4 is 5.91 Å². The van der Waals surface area contributed by atoms with Gasteiger partial charge in [-0.1, -0.05) is 13.3 Å². The van der Waals surface area contributed by atoms with Crippen LogP contribution in [0.25, 0.3) is 0 Å². The number of nitrogens with zero attached hydrogens (tertiary/aromatic N) is 1. The third-order valence-electron chi connectivity index (χ3n) is 3.61. The van der Waals surface area contributed by atoms with Gasteiger partial charge in [0.05, 0.1) is 0 Å². The second kappa shape index (κ2) is 4.97. The standard InChI is InChI=1S/C12H22N2O/c1-10-5-7-14(9-10)12(15)8-11-4-2-3-6-13-11/h10-11,13H,2-9H2,1H3. The number of carbonyl (C=O) groups excluding carboxylic acids is 1. The van der Waals surface area contributed by atoms with E-state index in [0.29, 0.717) is 24.3 Å². The second-order valence-corrected chi connectivity index (χ2v) is 5.08. The maximum absolute atomic E-state index is 11.9. The van der Waals surface area contributed by atoms with Crippen LogP contribution < -0.4 is 5.32 Å². The molecule has 0 aromatic heterocycles. The third-order valence-corrected chi connectivity index (χ3v) is 3.61. The first kappa shape index (κ1) is 10.9. The summed E-state index contributed by atoms with van der Waals surface area (Å²) in [6.07, 6.45) is 5.62. The van der Waals surface area contributed by atoms with Crippen LogP contribution >= 0.6 is 0 Å². The van der Waals surface area contributed by atoms with Crippen LogP contribution in [0.2, 0.25) is 0 Å². The summed E-state index contributed by atoms with van der Waals surface area (Å²) in [5.41, 5.74) is 0. The van der Waals surface area contributed by atoms with E-state index in [9.17, 15) is 4.79 Å². The number of piperidine rings is 1. The molecule has 0 aromatic carbocycles. The number of rotatable bonds is 2. The fraction of sp³-hybridized carbons (Fsp3) is 0.917. The molecule has 0 saturated carbocycles. The minimum atomic E-state index is 0.360. The Morgan fingerprint density at radius 3 is 2.87 bits per heavy atom. The third kappa shape index (κ3) is 2.94. The van der Waals surface area contributed by atoms with E-state index in [1.807, 2.05) is 4.90 Å². The van der Waals surface area contributed by atoms with Gasteiger partial charge in [-0.15, -0.1) is 0 Å². The fourth-order valence-corrected chi connectivity index (χ4v) is 2.60. The Kier molecular flexibility index (Phi) is 3.62. The van der Waals surface area contributed by atoms with Gasteiger partial charge in [-0.2, -0.15) is 0 Å². The van der Waals surface area contributed by atoms with Crippen LogP contribution in [-0.2, 0) is 4.79 Å². The number of amides is 1. The van der Waals surface area contributed by atoms with E-state index in [1.165, 1.54) is 25.7 Å². The average molecular weight is 210 g/mol. The van der Waals surface area contributed by atoms with Gasteiger partial charge < -0.3 is 10.2 Å². The monoisotopic (exact) mass is 210 g/mol. The predicted molar refractivity (Wildman–Crippen MR) is 60.6 cm³/mol. The van der Waals surface area contributed by atoms with Gasteiger partial charge in [0.2, 0.25) is 5.91 Å². The highest BCUT2D eigenvalue weighted by Crippen LogP contribution is 2.18. The van der Waals surface area contributed by atoms with E-state index in [0.717, 1.165) is 19.6 Å². The molecule has 0 spiro atoms. The van der Waals surface area contributed by atoms with Crippen LogP contribution in [-0.4, -0.2) is 36.5 Å². The Balaban J connectivity index is 1.76. The molecular formula is C12H22N2O. The summed E-state index contributed by atoms with van der Waals surface area (Å²) < 4.78 is 0. The Bertz CT molecular complexity index is 224. The molecule has 2 atom stereocenters. The summed E-state index contributed by atoms with van der Waals surface area (Å²) in [6, 6.07) is 0.446. The molecule has 1 N–H and O–H groups in total. The predicted octanol–water partition coefficient (Wildman–Crippen LogP) is 1.39. The van der Waals surface area contributed by atoms with Crippen LogP contribution in [0.3, 0.4) is 0 Å². The molecule has 2 unspecified atom stereocenters. The zero-order valence-corrected chi connectivity index (χ0v) is 9.67. The molecule has 1 amide bonds. The normalized spacial score (nSPS) is 31.9. The highest BCUT2D eigenvalue weighted by Gasteiger charge is 2.25. The number of hydrogen-bond donors (Lipinski definition) is 1. The van der Waals surface area contributed by atoms with E-state index in [2.05, 4.69) is 12.2 Å². The van der Waals surface area contributed by atoms with Gasteiger partial charge in [0.1, 0.15) is 0 Å². The smallest absolute Gasteiger partial charge is 0.224 e. The van der Waals surface area contributed by atoms with Gasteiger partial charge in [-0.05, 0) is 31.7 Å². The second-order valence-electron chi connectivity index (χ2n) is 5.08. The topological polar surface area (TPSA) is 32.3 Å². The summed E-state index contributed by atoms with van der Waals surface area (Å²) in [5, 5.41) is 3.44. The molecule has 0 aromatic rings. The molecule has 2 rings (SSSR count). The van der Waals surface area contributed by atoms with Crippen molar-refractivity contribution in [3.05, 3.63) is 0 Å². The lowest BCUT2D eigenvalue weighted by atomic mass is 10.0. The van der Waals surface area contributed by atoms with Gasteiger partial charge in [0.25, 0.3) is 0 Å². The SMILES string of the molecule is CC1CCN(C(=O)CC2CCCCN2)C1. The molecular weight excluding hydrogens is 188 g/mol. The van der Waals surface area contributed by atoms with Crippen molar-refractivity contribution in [1.82, 2.24) is 10.2 Å². The van der Waals surface area contributed by atoms with Gasteiger partial charge in [0.15, 0.2) is 0 Å². The maximum atomic E-state index is 11.9. The molecule has 2 heterocycles. The first-order valence-corrected chi connectivity index (χ1v) is 6.27. The van der Waals surface area contributed by atoms with Crippen molar-refractivity contribution in [1.29, 1.82) is 0 Å². The zero-order chi connectivity index (χ0) is 10.7. The van der Waals surface area contributed by atoms with Gasteiger partial charge in [-0.3, -0.25) is 4.79 Å². The summed E-state index contributed by atoms with van der Waals surface area (Å²) in [4.78, 5) is 14.0. The minimum Gasteiger partial charge on any atom is -0.342 e. The van der Waals surface area contributed by atoms with Crippen LogP contribution in [0.15, 0.2) is 0 Å². The molecule has 15 heavy (non-hydrogen) atoms. The molecule has 2 aliphatic rings. The molecule has 0 aliphatic carbocycles. The molecule has 86 valence electrons. The van der Waals surface area contributed by atoms with Crippen LogP contribution in [0.5, 0.6) is 0 Å². The Morgan fingerprint density at radius 2 is 2.27 bits per heavy atom. The molecule has 2 fully saturated rings. The number of likely N-dealkylation sites (tertiary alicyclic amines) is 1. The Morgan fingerprint density at radius 1 is 1.40 bits per heavy atom. The lowest BCUT2D eigenvalue weighted by molar-refractivity contribution is -0.130. The maximum Gasteiger partial charge on any atom is 0.224 e. The Labute approximate surface area is 92.2 Å². The highest BCUT2D eigenvalue weighted by molar-refractivity contribution is 5.77. The first-order valence-electron chi connectivity index (χ1n) is 6.27. The molecule has 2 aliphatic heterocycles. The van der Waals surface area contributed by atoms with E-state index < -0.39 is 0 Å². The molecule has 3 heteroatoms. The number of nitrogens with one attached hydrogen (secondary N) is 1. The van der Waals surface area contributed by atoms with E-state index in [4.69, 9.17) is 0 Å². The lowest BCUT2D eigenvalue weighted by Gasteiger charge is -2.25. The summed E-state index contributed by atoms with van der Waals surface area (Å²) in [5.74, 6) is 1.06. The minimum absolute atomic E-state index is 0.360. The van der Waals surface area contributed by atoms with Gasteiger partial charge in [0, 0.05) is 25.6 Å². The van der Waals surface area contributed by atoms with Crippen molar-refractivity contribution in [3.8, 4) is 0 Å². The van der Waals surface area contributed by atoms with Crippen molar-refractivity contribution in [2.45, 2.75) is 45.1 Å². The van der Waals surface area contributed by atoms with Crippen LogP contribution in [0.4, 0.5) is 0 Å². The van der Waals surface area contributed by atoms with Crippen LogP contribution in [0.1, 0.15) is 39.0 Å². The average Bonchev–Trinajstić information content (AvgIpc) is 2.66. The van der Waals surface area contributed by atoms with E-state index >= 15 is 0 Å². The molecule has 0 radical (unpaired) electrons. The number of carbonyl (C=O) groups is 1. The van der Waals surface area contributed by atoms with E-state index in [-0.39, 0.29) is 0 Å². The lowest BCUT2D eigenvalue weighted by Crippen LogP contribution is -2.39. The highest BCUT2D eigenvalue weighted by atomic mass is 16.2. The summed E-state index contributed by atoms with van der Waals surface area (Å²) in [6.45, 7) is 5.28.